The van der Waals surface area contributed by atoms with Crippen LogP contribution in [0.5, 0.6) is 0 Å². The topological polar surface area (TPSA) is 24.9 Å². The Morgan fingerprint density at radius 2 is 2.05 bits per heavy atom. The van der Waals surface area contributed by atoms with E-state index < -0.39 is 5.82 Å². The summed E-state index contributed by atoms with van der Waals surface area (Å²) in [5.74, 6) is -0.423. The summed E-state index contributed by atoms with van der Waals surface area (Å²) in [6.45, 7) is 1.95. The summed E-state index contributed by atoms with van der Waals surface area (Å²) in [6, 6.07) is 6.44. The highest BCUT2D eigenvalue weighted by atomic mass is 79.9. The van der Waals surface area contributed by atoms with Gasteiger partial charge in [-0.05, 0) is 46.6 Å². The van der Waals surface area contributed by atoms with E-state index in [-0.39, 0.29) is 11.1 Å². The van der Waals surface area contributed by atoms with Gasteiger partial charge in [-0.1, -0.05) is 29.3 Å². The smallest absolute Gasteiger partial charge is 0.143 e. The lowest BCUT2D eigenvalue weighted by atomic mass is 10.1. The number of nitrogens with zero attached hydrogens (tertiary/aromatic N) is 1. The average molecular weight is 364 g/mol. The molecule has 0 radical (unpaired) electrons. The number of hydrogen-bond acceptors (Lipinski definition) is 2. The minimum atomic E-state index is -0.423. The van der Waals surface area contributed by atoms with Gasteiger partial charge in [-0.15, -0.1) is 0 Å². The van der Waals surface area contributed by atoms with Gasteiger partial charge >= 0.3 is 0 Å². The predicted octanol–water partition coefficient (Wildman–Crippen LogP) is 5.46. The van der Waals surface area contributed by atoms with E-state index >= 15 is 0 Å². The van der Waals surface area contributed by atoms with Crippen LogP contribution in [0, 0.1) is 5.82 Å². The highest BCUT2D eigenvalue weighted by Gasteiger charge is 2.09. The van der Waals surface area contributed by atoms with Gasteiger partial charge in [0.25, 0.3) is 0 Å². The maximum atomic E-state index is 13.1. The molecule has 19 heavy (non-hydrogen) atoms. The third kappa shape index (κ3) is 3.59. The second-order valence-corrected chi connectivity index (χ2v) is 5.66. The van der Waals surface area contributed by atoms with Crippen LogP contribution in [0.3, 0.4) is 0 Å². The van der Waals surface area contributed by atoms with Crippen molar-refractivity contribution in [3.63, 3.8) is 0 Å². The first-order valence-electron chi connectivity index (χ1n) is 5.50. The second kappa shape index (κ2) is 6.07. The van der Waals surface area contributed by atoms with Crippen LogP contribution in [0.25, 0.3) is 0 Å². The predicted molar refractivity (Wildman–Crippen MR) is 80.4 cm³/mol. The van der Waals surface area contributed by atoms with Crippen molar-refractivity contribution >= 4 is 44.8 Å². The monoisotopic (exact) mass is 362 g/mol. The molecule has 0 saturated carbocycles. The molecule has 0 aliphatic rings. The van der Waals surface area contributed by atoms with E-state index in [0.717, 1.165) is 11.3 Å². The lowest BCUT2D eigenvalue weighted by Gasteiger charge is -2.16. The standard InChI is InChI=1S/C13H10BrCl2FN2/c1-7(8-2-3-12(17)11(15)4-8)19-9-5-10(14)13(16)18-6-9/h2-7,19H,1H3. The Kier molecular flexibility index (Phi) is 4.66. The second-order valence-electron chi connectivity index (χ2n) is 4.04. The van der Waals surface area contributed by atoms with E-state index in [1.54, 1.807) is 18.3 Å². The molecule has 0 fully saturated rings. The molecular formula is C13H10BrCl2FN2. The number of rotatable bonds is 3. The molecule has 0 aliphatic carbocycles. The molecule has 0 amide bonds. The fourth-order valence-corrected chi connectivity index (χ4v) is 2.26. The largest absolute Gasteiger partial charge is 0.377 e. The Labute approximate surface area is 129 Å². The van der Waals surface area contributed by atoms with Crippen molar-refractivity contribution in [1.82, 2.24) is 4.98 Å². The highest BCUT2D eigenvalue weighted by molar-refractivity contribution is 9.10. The molecule has 2 rings (SSSR count). The van der Waals surface area contributed by atoms with Crippen molar-refractivity contribution in [2.24, 2.45) is 0 Å². The molecule has 0 saturated heterocycles. The quantitative estimate of drug-likeness (QED) is 0.732. The molecular weight excluding hydrogens is 354 g/mol. The first-order valence-corrected chi connectivity index (χ1v) is 7.05. The minimum absolute atomic E-state index is 0.0343. The molecule has 2 aromatic rings. The molecule has 2 nitrogen and oxygen atoms in total. The van der Waals surface area contributed by atoms with Crippen molar-refractivity contribution in [2.75, 3.05) is 5.32 Å². The van der Waals surface area contributed by atoms with Crippen molar-refractivity contribution < 1.29 is 4.39 Å². The lowest BCUT2D eigenvalue weighted by Crippen LogP contribution is -2.07. The zero-order valence-corrected chi connectivity index (χ0v) is 13.0. The molecule has 1 aromatic carbocycles. The van der Waals surface area contributed by atoms with E-state index in [2.05, 4.69) is 26.2 Å². The maximum absolute atomic E-state index is 13.1. The summed E-state index contributed by atoms with van der Waals surface area (Å²) in [5.41, 5.74) is 1.70. The molecule has 1 unspecified atom stereocenters. The number of aromatic nitrogens is 1. The number of pyridine rings is 1. The van der Waals surface area contributed by atoms with E-state index in [1.807, 2.05) is 13.0 Å². The third-order valence-electron chi connectivity index (χ3n) is 2.62. The maximum Gasteiger partial charge on any atom is 0.143 e. The molecule has 1 heterocycles. The Hall–Kier alpha value is -0.840. The molecule has 0 aliphatic heterocycles. The zero-order chi connectivity index (χ0) is 14.0. The van der Waals surface area contributed by atoms with Gasteiger partial charge in [-0.3, -0.25) is 0 Å². The number of halogens is 4. The van der Waals surface area contributed by atoms with Crippen LogP contribution in [-0.2, 0) is 0 Å². The summed E-state index contributed by atoms with van der Waals surface area (Å²) >= 11 is 14.9. The first kappa shape index (κ1) is 14.6. The average Bonchev–Trinajstić information content (AvgIpc) is 2.37. The molecule has 1 aromatic heterocycles. The van der Waals surface area contributed by atoms with Gasteiger partial charge in [-0.2, -0.15) is 0 Å². The van der Waals surface area contributed by atoms with Crippen LogP contribution in [0.15, 0.2) is 34.9 Å². The Bertz CT molecular complexity index is 607. The van der Waals surface area contributed by atoms with Gasteiger partial charge in [0.05, 0.1) is 21.4 Å². The fourth-order valence-electron chi connectivity index (χ4n) is 1.62. The number of benzene rings is 1. The Morgan fingerprint density at radius 1 is 1.32 bits per heavy atom. The van der Waals surface area contributed by atoms with Gasteiger partial charge in [0.15, 0.2) is 0 Å². The van der Waals surface area contributed by atoms with Crippen molar-refractivity contribution in [2.45, 2.75) is 13.0 Å². The third-order valence-corrected chi connectivity index (χ3v) is 4.05. The molecule has 1 atom stereocenters. The minimum Gasteiger partial charge on any atom is -0.377 e. The number of nitrogens with one attached hydrogen (secondary N) is 1. The number of anilines is 1. The van der Waals surface area contributed by atoms with Gasteiger partial charge in [-0.25, -0.2) is 9.37 Å². The van der Waals surface area contributed by atoms with Gasteiger partial charge in [0.1, 0.15) is 11.0 Å². The van der Waals surface area contributed by atoms with Crippen molar-refractivity contribution in [3.05, 3.63) is 56.5 Å². The van der Waals surface area contributed by atoms with E-state index in [4.69, 9.17) is 23.2 Å². The molecule has 100 valence electrons. The van der Waals surface area contributed by atoms with Gasteiger partial charge in [0, 0.05) is 6.04 Å². The van der Waals surface area contributed by atoms with E-state index in [1.165, 1.54) is 6.07 Å². The lowest BCUT2D eigenvalue weighted by molar-refractivity contribution is 0.627. The van der Waals surface area contributed by atoms with Crippen LogP contribution in [0.1, 0.15) is 18.5 Å². The zero-order valence-electron chi connectivity index (χ0n) is 9.92. The van der Waals surface area contributed by atoms with Crippen LogP contribution in [-0.4, -0.2) is 4.98 Å². The van der Waals surface area contributed by atoms with Crippen molar-refractivity contribution in [1.29, 1.82) is 0 Å². The van der Waals surface area contributed by atoms with E-state index in [9.17, 15) is 4.39 Å². The molecule has 1 N–H and O–H groups in total. The van der Waals surface area contributed by atoms with Gasteiger partial charge < -0.3 is 5.32 Å². The SMILES string of the molecule is CC(Nc1cnc(Cl)c(Br)c1)c1ccc(F)c(Cl)c1. The molecule has 0 spiro atoms. The van der Waals surface area contributed by atoms with Crippen LogP contribution >= 0.6 is 39.1 Å². The first-order chi connectivity index (χ1) is 8.97. The summed E-state index contributed by atoms with van der Waals surface area (Å²) in [6.07, 6.45) is 1.63. The van der Waals surface area contributed by atoms with Gasteiger partial charge in [0.2, 0.25) is 0 Å². The number of hydrogen-bond donors (Lipinski definition) is 1. The summed E-state index contributed by atoms with van der Waals surface area (Å²) in [7, 11) is 0. The summed E-state index contributed by atoms with van der Waals surface area (Å²) in [5, 5.41) is 3.76. The Morgan fingerprint density at radius 3 is 2.68 bits per heavy atom. The van der Waals surface area contributed by atoms with Crippen LogP contribution < -0.4 is 5.32 Å². The van der Waals surface area contributed by atoms with Crippen LogP contribution in [0.4, 0.5) is 10.1 Å². The normalized spacial score (nSPS) is 12.3. The molecule has 6 heteroatoms. The van der Waals surface area contributed by atoms with E-state index in [0.29, 0.717) is 9.63 Å². The summed E-state index contributed by atoms with van der Waals surface area (Å²) in [4.78, 5) is 4.03. The summed E-state index contributed by atoms with van der Waals surface area (Å²) < 4.78 is 13.8. The van der Waals surface area contributed by atoms with Crippen LogP contribution in [0.2, 0.25) is 10.2 Å². The Balaban J connectivity index is 2.17. The highest BCUT2D eigenvalue weighted by Crippen LogP contribution is 2.27. The fraction of sp³-hybridized carbons (Fsp3) is 0.154. The van der Waals surface area contributed by atoms with Crippen molar-refractivity contribution in [3.8, 4) is 0 Å². The molecule has 0 bridgehead atoms.